The smallest absolute Gasteiger partial charge is 0.288 e. The largest absolute Gasteiger partial charge is 0.396 e. The lowest BCUT2D eigenvalue weighted by Crippen LogP contribution is -1.87. The highest BCUT2D eigenvalue weighted by molar-refractivity contribution is 7.99. The van der Waals surface area contributed by atoms with E-state index in [1.54, 1.807) is 24.3 Å². The van der Waals surface area contributed by atoms with Crippen LogP contribution in [0.1, 0.15) is 0 Å². The number of thioether (sulfide) groups is 1. The molecule has 2 aromatic rings. The van der Waals surface area contributed by atoms with Gasteiger partial charge in [0, 0.05) is 10.5 Å². The van der Waals surface area contributed by atoms with Crippen molar-refractivity contribution in [3.8, 4) is 11.3 Å². The zero-order valence-electron chi connectivity index (χ0n) is 8.15. The Morgan fingerprint density at radius 3 is 2.44 bits per heavy atom. The topological polar surface area (TPSA) is 54.7 Å². The minimum atomic E-state index is -2.40. The number of nitrogens with one attached hydrogen (secondary N) is 1. The molecule has 0 saturated heterocycles. The third-order valence-electron chi connectivity index (χ3n) is 2.04. The summed E-state index contributed by atoms with van der Waals surface area (Å²) < 4.78 is 24.2. The second-order valence-electron chi connectivity index (χ2n) is 3.10. The van der Waals surface area contributed by atoms with E-state index in [0.29, 0.717) is 28.0 Å². The molecule has 0 fully saturated rings. The van der Waals surface area contributed by atoms with E-state index in [9.17, 15) is 8.78 Å². The normalized spacial score (nSPS) is 10.9. The predicted octanol–water partition coefficient (Wildman–Crippen LogP) is 2.97. The van der Waals surface area contributed by atoms with E-state index < -0.39 is 5.76 Å². The summed E-state index contributed by atoms with van der Waals surface area (Å²) in [5.74, 6) is -2.40. The van der Waals surface area contributed by atoms with E-state index in [0.717, 1.165) is 5.56 Å². The number of nitrogen functional groups attached to an aromatic ring is 1. The lowest BCUT2D eigenvalue weighted by molar-refractivity contribution is 0.252. The monoisotopic (exact) mass is 241 g/mol. The van der Waals surface area contributed by atoms with E-state index in [4.69, 9.17) is 5.73 Å². The van der Waals surface area contributed by atoms with Crippen molar-refractivity contribution in [3.05, 3.63) is 30.5 Å². The van der Waals surface area contributed by atoms with Crippen molar-refractivity contribution in [3.63, 3.8) is 0 Å². The molecule has 1 heterocycles. The van der Waals surface area contributed by atoms with Gasteiger partial charge in [0.1, 0.15) is 0 Å². The van der Waals surface area contributed by atoms with Crippen molar-refractivity contribution < 1.29 is 8.78 Å². The first-order valence-electron chi connectivity index (χ1n) is 4.51. The van der Waals surface area contributed by atoms with Gasteiger partial charge in [-0.05, 0) is 12.1 Å². The molecule has 3 nitrogen and oxygen atoms in total. The van der Waals surface area contributed by atoms with Crippen LogP contribution in [-0.4, -0.2) is 16.0 Å². The van der Waals surface area contributed by atoms with Gasteiger partial charge in [0.05, 0.1) is 17.6 Å². The Labute approximate surface area is 95.0 Å². The molecule has 0 spiro atoms. The van der Waals surface area contributed by atoms with Crippen LogP contribution in [0.5, 0.6) is 0 Å². The van der Waals surface area contributed by atoms with Crippen LogP contribution >= 0.6 is 11.8 Å². The summed E-state index contributed by atoms with van der Waals surface area (Å²) >= 11 is 0.518. The van der Waals surface area contributed by atoms with Crippen LogP contribution < -0.4 is 5.73 Å². The number of rotatable bonds is 3. The van der Waals surface area contributed by atoms with Crippen LogP contribution in [0.25, 0.3) is 11.3 Å². The number of hydrogen-bond donors (Lipinski definition) is 2. The molecule has 0 saturated carbocycles. The van der Waals surface area contributed by atoms with Crippen molar-refractivity contribution in [1.82, 2.24) is 10.2 Å². The maximum Gasteiger partial charge on any atom is 0.288 e. The van der Waals surface area contributed by atoms with Gasteiger partial charge in [-0.15, -0.1) is 0 Å². The van der Waals surface area contributed by atoms with E-state index in [-0.39, 0.29) is 0 Å². The highest BCUT2D eigenvalue weighted by Gasteiger charge is 2.07. The quantitative estimate of drug-likeness (QED) is 0.812. The molecule has 0 amide bonds. The number of H-pyrrole nitrogens is 1. The van der Waals surface area contributed by atoms with Crippen LogP contribution in [-0.2, 0) is 0 Å². The SMILES string of the molecule is Nc1cn[nH]c1-c1ccc(SC(F)F)cc1. The van der Waals surface area contributed by atoms with Gasteiger partial charge in [0.15, 0.2) is 0 Å². The molecule has 0 aliphatic heterocycles. The van der Waals surface area contributed by atoms with Crippen molar-refractivity contribution in [2.24, 2.45) is 0 Å². The molecule has 84 valence electrons. The van der Waals surface area contributed by atoms with Gasteiger partial charge in [0.2, 0.25) is 0 Å². The molecule has 0 aliphatic carbocycles. The van der Waals surface area contributed by atoms with E-state index in [1.165, 1.54) is 6.20 Å². The first-order chi connectivity index (χ1) is 7.66. The van der Waals surface area contributed by atoms with Crippen molar-refractivity contribution in [1.29, 1.82) is 0 Å². The second kappa shape index (κ2) is 4.52. The fraction of sp³-hybridized carbons (Fsp3) is 0.100. The standard InChI is InChI=1S/C10H9F2N3S/c11-10(12)16-7-3-1-6(2-4-7)9-8(13)5-14-15-9/h1-5,10H,13H2,(H,14,15). The minimum Gasteiger partial charge on any atom is -0.396 e. The Morgan fingerprint density at radius 2 is 1.94 bits per heavy atom. The summed E-state index contributed by atoms with van der Waals surface area (Å²) in [6, 6.07) is 6.72. The first-order valence-corrected chi connectivity index (χ1v) is 5.39. The minimum absolute atomic E-state index is 0.518. The van der Waals surface area contributed by atoms with Crippen LogP contribution in [0.2, 0.25) is 0 Å². The fourth-order valence-corrected chi connectivity index (χ4v) is 1.83. The van der Waals surface area contributed by atoms with Crippen molar-refractivity contribution in [2.75, 3.05) is 5.73 Å². The average molecular weight is 241 g/mol. The van der Waals surface area contributed by atoms with Gasteiger partial charge in [-0.1, -0.05) is 23.9 Å². The average Bonchev–Trinajstić information content (AvgIpc) is 2.65. The molecule has 16 heavy (non-hydrogen) atoms. The summed E-state index contributed by atoms with van der Waals surface area (Å²) in [5.41, 5.74) is 7.74. The zero-order chi connectivity index (χ0) is 11.5. The maximum absolute atomic E-state index is 12.1. The summed E-state index contributed by atoms with van der Waals surface area (Å²) in [6.45, 7) is 0. The molecule has 6 heteroatoms. The van der Waals surface area contributed by atoms with Gasteiger partial charge in [0.25, 0.3) is 5.76 Å². The summed E-state index contributed by atoms with van der Waals surface area (Å²) in [5, 5.41) is 6.55. The number of nitrogens with zero attached hydrogens (tertiary/aromatic N) is 1. The number of benzene rings is 1. The lowest BCUT2D eigenvalue weighted by atomic mass is 10.1. The highest BCUT2D eigenvalue weighted by atomic mass is 32.2. The number of alkyl halides is 2. The van der Waals surface area contributed by atoms with Gasteiger partial charge < -0.3 is 5.73 Å². The molecular formula is C10H9F2N3S. The third-order valence-corrected chi connectivity index (χ3v) is 2.76. The van der Waals surface area contributed by atoms with E-state index in [2.05, 4.69) is 10.2 Å². The molecule has 0 bridgehead atoms. The lowest BCUT2D eigenvalue weighted by Gasteiger charge is -2.02. The predicted molar refractivity (Wildman–Crippen MR) is 60.3 cm³/mol. The number of aromatic nitrogens is 2. The van der Waals surface area contributed by atoms with Crippen LogP contribution in [0, 0.1) is 0 Å². The van der Waals surface area contributed by atoms with Crippen LogP contribution in [0.3, 0.4) is 0 Å². The molecule has 0 atom stereocenters. The number of aromatic amines is 1. The Morgan fingerprint density at radius 1 is 1.25 bits per heavy atom. The number of nitrogens with two attached hydrogens (primary N) is 1. The van der Waals surface area contributed by atoms with Crippen molar-refractivity contribution >= 4 is 17.4 Å². The van der Waals surface area contributed by atoms with Gasteiger partial charge in [-0.2, -0.15) is 13.9 Å². The molecule has 0 radical (unpaired) electrons. The molecule has 0 aliphatic rings. The Hall–Kier alpha value is -1.56. The fourth-order valence-electron chi connectivity index (χ4n) is 1.33. The summed E-state index contributed by atoms with van der Waals surface area (Å²) in [6.07, 6.45) is 1.51. The molecule has 1 aromatic heterocycles. The Bertz CT molecular complexity index is 467. The van der Waals surface area contributed by atoms with Gasteiger partial charge in [-0.3, -0.25) is 5.10 Å². The Balaban J connectivity index is 2.23. The molecule has 2 rings (SSSR count). The van der Waals surface area contributed by atoms with Gasteiger partial charge >= 0.3 is 0 Å². The molecule has 3 N–H and O–H groups in total. The Kier molecular flexibility index (Phi) is 3.09. The number of hydrogen-bond acceptors (Lipinski definition) is 3. The van der Waals surface area contributed by atoms with E-state index in [1.807, 2.05) is 0 Å². The molecule has 0 unspecified atom stereocenters. The van der Waals surface area contributed by atoms with Crippen LogP contribution in [0.4, 0.5) is 14.5 Å². The first kappa shape index (κ1) is 10.9. The third kappa shape index (κ3) is 2.33. The molecule has 1 aromatic carbocycles. The number of anilines is 1. The second-order valence-corrected chi connectivity index (χ2v) is 4.17. The number of halogens is 2. The highest BCUT2D eigenvalue weighted by Crippen LogP contribution is 2.28. The maximum atomic E-state index is 12.1. The van der Waals surface area contributed by atoms with Crippen LogP contribution in [0.15, 0.2) is 35.4 Å². The molecular weight excluding hydrogens is 232 g/mol. The van der Waals surface area contributed by atoms with E-state index >= 15 is 0 Å². The summed E-state index contributed by atoms with van der Waals surface area (Å²) in [4.78, 5) is 0.525. The summed E-state index contributed by atoms with van der Waals surface area (Å²) in [7, 11) is 0. The zero-order valence-corrected chi connectivity index (χ0v) is 8.97. The van der Waals surface area contributed by atoms with Crippen molar-refractivity contribution in [2.45, 2.75) is 10.7 Å². The van der Waals surface area contributed by atoms with Gasteiger partial charge in [-0.25, -0.2) is 0 Å².